The molecular formula is C13H24Cl2O2. The third kappa shape index (κ3) is 10.9. The van der Waals surface area contributed by atoms with Crippen molar-refractivity contribution in [3.05, 3.63) is 0 Å². The molecule has 0 spiro atoms. The van der Waals surface area contributed by atoms with Gasteiger partial charge in [0.15, 0.2) is 0 Å². The molecule has 4 heteroatoms. The SMILES string of the molecule is CCCC(Cl)CCCCCC(Cl)CC(=O)OC. The highest BCUT2D eigenvalue weighted by atomic mass is 35.5. The quantitative estimate of drug-likeness (QED) is 0.335. The Morgan fingerprint density at radius 2 is 1.65 bits per heavy atom. The standard InChI is InChI=1S/C13H24Cl2O2/c1-3-7-11(14)8-5-4-6-9-12(15)10-13(16)17-2/h11-12H,3-10H2,1-2H3. The van der Waals surface area contributed by atoms with Gasteiger partial charge in [0.1, 0.15) is 0 Å². The summed E-state index contributed by atoms with van der Waals surface area (Å²) >= 11 is 12.1. The maximum absolute atomic E-state index is 10.9. The molecule has 0 amide bonds. The number of hydrogen-bond donors (Lipinski definition) is 0. The number of carbonyl (C=O) groups is 1. The summed E-state index contributed by atoms with van der Waals surface area (Å²) < 4.78 is 4.57. The molecule has 0 heterocycles. The van der Waals surface area contributed by atoms with Crippen LogP contribution in [-0.2, 0) is 9.53 Å². The van der Waals surface area contributed by atoms with Crippen LogP contribution in [0.5, 0.6) is 0 Å². The second-order valence-electron chi connectivity index (χ2n) is 4.40. The Labute approximate surface area is 115 Å². The molecule has 17 heavy (non-hydrogen) atoms. The molecule has 0 bridgehead atoms. The largest absolute Gasteiger partial charge is 0.469 e. The van der Waals surface area contributed by atoms with E-state index < -0.39 is 0 Å². The monoisotopic (exact) mass is 282 g/mol. The molecule has 0 aliphatic heterocycles. The predicted octanol–water partition coefficient (Wildman–Crippen LogP) is 4.51. The maximum Gasteiger partial charge on any atom is 0.307 e. The van der Waals surface area contributed by atoms with Crippen molar-refractivity contribution in [3.8, 4) is 0 Å². The fourth-order valence-corrected chi connectivity index (χ4v) is 2.39. The van der Waals surface area contributed by atoms with Gasteiger partial charge in [-0.1, -0.05) is 32.6 Å². The Morgan fingerprint density at radius 1 is 1.06 bits per heavy atom. The second kappa shape index (κ2) is 11.2. The van der Waals surface area contributed by atoms with Crippen molar-refractivity contribution in [1.82, 2.24) is 0 Å². The number of unbranched alkanes of at least 4 members (excludes halogenated alkanes) is 2. The van der Waals surface area contributed by atoms with Gasteiger partial charge in [0.2, 0.25) is 0 Å². The van der Waals surface area contributed by atoms with E-state index in [2.05, 4.69) is 11.7 Å². The number of ether oxygens (including phenoxy) is 1. The summed E-state index contributed by atoms with van der Waals surface area (Å²) in [6.45, 7) is 2.15. The minimum atomic E-state index is -0.228. The van der Waals surface area contributed by atoms with Crippen LogP contribution >= 0.6 is 23.2 Å². The number of alkyl halides is 2. The van der Waals surface area contributed by atoms with Crippen molar-refractivity contribution in [2.75, 3.05) is 7.11 Å². The number of halogens is 2. The summed E-state index contributed by atoms with van der Waals surface area (Å²) in [5.74, 6) is -0.228. The van der Waals surface area contributed by atoms with Crippen molar-refractivity contribution in [2.24, 2.45) is 0 Å². The van der Waals surface area contributed by atoms with E-state index in [4.69, 9.17) is 23.2 Å². The predicted molar refractivity (Wildman–Crippen MR) is 73.9 cm³/mol. The van der Waals surface area contributed by atoms with Gasteiger partial charge in [-0.2, -0.15) is 0 Å². The van der Waals surface area contributed by atoms with Crippen molar-refractivity contribution in [1.29, 1.82) is 0 Å². The molecule has 0 rings (SSSR count). The first-order valence-corrected chi connectivity index (χ1v) is 7.32. The maximum atomic E-state index is 10.9. The molecule has 2 atom stereocenters. The van der Waals surface area contributed by atoms with Crippen molar-refractivity contribution >= 4 is 29.2 Å². The molecule has 0 N–H and O–H groups in total. The zero-order chi connectivity index (χ0) is 13.1. The highest BCUT2D eigenvalue weighted by Crippen LogP contribution is 2.17. The molecule has 0 aliphatic rings. The average molecular weight is 283 g/mol. The summed E-state index contributed by atoms with van der Waals surface area (Å²) in [5, 5.41) is 0.228. The topological polar surface area (TPSA) is 26.3 Å². The Hall–Kier alpha value is 0.0500. The van der Waals surface area contributed by atoms with Crippen LogP contribution < -0.4 is 0 Å². The number of esters is 1. The van der Waals surface area contributed by atoms with Gasteiger partial charge in [-0.05, 0) is 19.3 Å². The summed E-state index contributed by atoms with van der Waals surface area (Å²) in [4.78, 5) is 10.9. The van der Waals surface area contributed by atoms with Gasteiger partial charge in [-0.25, -0.2) is 0 Å². The van der Waals surface area contributed by atoms with E-state index in [1.807, 2.05) is 0 Å². The zero-order valence-electron chi connectivity index (χ0n) is 10.9. The Morgan fingerprint density at radius 3 is 2.18 bits per heavy atom. The summed E-state index contributed by atoms with van der Waals surface area (Å²) in [6, 6.07) is 0. The van der Waals surface area contributed by atoms with Crippen molar-refractivity contribution < 1.29 is 9.53 Å². The molecule has 0 saturated carbocycles. The molecule has 0 saturated heterocycles. The van der Waals surface area contributed by atoms with E-state index in [1.165, 1.54) is 7.11 Å². The second-order valence-corrected chi connectivity index (χ2v) is 5.64. The van der Waals surface area contributed by atoms with E-state index in [9.17, 15) is 4.79 Å². The van der Waals surface area contributed by atoms with Crippen LogP contribution in [0.15, 0.2) is 0 Å². The summed E-state index contributed by atoms with van der Waals surface area (Å²) in [5.41, 5.74) is 0. The van der Waals surface area contributed by atoms with E-state index in [0.29, 0.717) is 11.8 Å². The fourth-order valence-electron chi connectivity index (χ4n) is 1.73. The van der Waals surface area contributed by atoms with Gasteiger partial charge in [0.25, 0.3) is 0 Å². The van der Waals surface area contributed by atoms with Gasteiger partial charge >= 0.3 is 5.97 Å². The fraction of sp³-hybridized carbons (Fsp3) is 0.923. The highest BCUT2D eigenvalue weighted by Gasteiger charge is 2.10. The van der Waals surface area contributed by atoms with E-state index in [-0.39, 0.29) is 11.3 Å². The number of methoxy groups -OCH3 is 1. The first-order chi connectivity index (χ1) is 8.10. The van der Waals surface area contributed by atoms with E-state index >= 15 is 0 Å². The molecule has 0 aromatic carbocycles. The van der Waals surface area contributed by atoms with Crippen LogP contribution in [0.1, 0.15) is 58.3 Å². The molecule has 102 valence electrons. The molecule has 0 aliphatic carbocycles. The molecule has 2 nitrogen and oxygen atoms in total. The lowest BCUT2D eigenvalue weighted by atomic mass is 10.1. The Balaban J connectivity index is 3.35. The Kier molecular flexibility index (Phi) is 11.2. The van der Waals surface area contributed by atoms with E-state index in [0.717, 1.165) is 44.9 Å². The van der Waals surface area contributed by atoms with Crippen molar-refractivity contribution in [3.63, 3.8) is 0 Å². The van der Waals surface area contributed by atoms with Gasteiger partial charge < -0.3 is 4.74 Å². The third-order valence-electron chi connectivity index (χ3n) is 2.75. The number of hydrogen-bond acceptors (Lipinski definition) is 2. The lowest BCUT2D eigenvalue weighted by Gasteiger charge is -2.09. The summed E-state index contributed by atoms with van der Waals surface area (Å²) in [6.07, 6.45) is 7.86. The smallest absolute Gasteiger partial charge is 0.307 e. The molecule has 0 aromatic rings. The lowest BCUT2D eigenvalue weighted by molar-refractivity contribution is -0.140. The van der Waals surface area contributed by atoms with Crippen LogP contribution in [0, 0.1) is 0 Å². The van der Waals surface area contributed by atoms with Gasteiger partial charge in [0, 0.05) is 10.8 Å². The number of rotatable bonds is 10. The number of carbonyl (C=O) groups excluding carboxylic acids is 1. The van der Waals surface area contributed by atoms with Crippen molar-refractivity contribution in [2.45, 2.75) is 69.0 Å². The van der Waals surface area contributed by atoms with Crippen LogP contribution in [0.3, 0.4) is 0 Å². The molecule has 2 unspecified atom stereocenters. The van der Waals surface area contributed by atoms with E-state index in [1.54, 1.807) is 0 Å². The zero-order valence-corrected chi connectivity index (χ0v) is 12.4. The van der Waals surface area contributed by atoms with Crippen LogP contribution in [0.4, 0.5) is 0 Å². The first kappa shape index (κ1) is 17.1. The minimum Gasteiger partial charge on any atom is -0.469 e. The first-order valence-electron chi connectivity index (χ1n) is 6.45. The summed E-state index contributed by atoms with van der Waals surface area (Å²) in [7, 11) is 1.39. The Bertz CT molecular complexity index is 198. The van der Waals surface area contributed by atoms with Gasteiger partial charge in [-0.3, -0.25) is 4.79 Å². The van der Waals surface area contributed by atoms with Gasteiger partial charge in [-0.15, -0.1) is 23.2 Å². The average Bonchev–Trinajstić information content (AvgIpc) is 2.28. The molecule has 0 fully saturated rings. The highest BCUT2D eigenvalue weighted by molar-refractivity contribution is 6.21. The lowest BCUT2D eigenvalue weighted by Crippen LogP contribution is -2.09. The molecule has 0 aromatic heterocycles. The van der Waals surface area contributed by atoms with Crippen LogP contribution in [-0.4, -0.2) is 23.8 Å². The molecule has 0 radical (unpaired) electrons. The van der Waals surface area contributed by atoms with Gasteiger partial charge in [0.05, 0.1) is 13.5 Å². The third-order valence-corrected chi connectivity index (χ3v) is 3.56. The normalized spacial score (nSPS) is 14.4. The molecular weight excluding hydrogens is 259 g/mol. The van der Waals surface area contributed by atoms with Crippen LogP contribution in [0.2, 0.25) is 0 Å². The van der Waals surface area contributed by atoms with Crippen LogP contribution in [0.25, 0.3) is 0 Å². The minimum absolute atomic E-state index is 0.0927.